The Kier molecular flexibility index (Phi) is 3.26. The molecule has 86 valence electrons. The van der Waals surface area contributed by atoms with E-state index in [4.69, 9.17) is 0 Å². The van der Waals surface area contributed by atoms with Crippen LogP contribution < -0.4 is 5.32 Å². The van der Waals surface area contributed by atoms with Crippen LogP contribution in [0, 0.1) is 5.92 Å². The molecule has 4 nitrogen and oxygen atoms in total. The Morgan fingerprint density at radius 3 is 3.00 bits per heavy atom. The lowest BCUT2D eigenvalue weighted by Gasteiger charge is -2.38. The maximum atomic E-state index is 11.6. The third-order valence-electron chi connectivity index (χ3n) is 3.58. The SMILES string of the molecule is CC1CN(C)C(=O)CN1CC1CCNC1. The molecule has 0 radical (unpaired) electrons. The van der Waals surface area contributed by atoms with Gasteiger partial charge in [-0.05, 0) is 32.4 Å². The van der Waals surface area contributed by atoms with Crippen molar-refractivity contribution in [1.82, 2.24) is 15.1 Å². The molecule has 0 aromatic heterocycles. The van der Waals surface area contributed by atoms with Gasteiger partial charge in [-0.2, -0.15) is 0 Å². The molecule has 2 aliphatic heterocycles. The van der Waals surface area contributed by atoms with Gasteiger partial charge < -0.3 is 10.2 Å². The molecule has 2 rings (SSSR count). The lowest BCUT2D eigenvalue weighted by molar-refractivity contribution is -0.136. The molecule has 2 saturated heterocycles. The van der Waals surface area contributed by atoms with Gasteiger partial charge in [-0.15, -0.1) is 0 Å². The number of amides is 1. The van der Waals surface area contributed by atoms with Gasteiger partial charge in [0.1, 0.15) is 0 Å². The Balaban J connectivity index is 1.87. The zero-order chi connectivity index (χ0) is 10.8. The maximum Gasteiger partial charge on any atom is 0.236 e. The molecular formula is C11H21N3O. The first-order valence-corrected chi connectivity index (χ1v) is 5.85. The molecule has 0 aliphatic carbocycles. The number of piperazine rings is 1. The molecule has 0 bridgehead atoms. The van der Waals surface area contributed by atoms with Crippen molar-refractivity contribution in [3.05, 3.63) is 0 Å². The van der Waals surface area contributed by atoms with Gasteiger partial charge in [-0.1, -0.05) is 0 Å². The Labute approximate surface area is 91.6 Å². The molecule has 0 saturated carbocycles. The van der Waals surface area contributed by atoms with Gasteiger partial charge in [-0.3, -0.25) is 9.69 Å². The number of carbonyl (C=O) groups is 1. The smallest absolute Gasteiger partial charge is 0.236 e. The van der Waals surface area contributed by atoms with Crippen molar-refractivity contribution < 1.29 is 4.79 Å². The molecule has 15 heavy (non-hydrogen) atoms. The molecule has 0 spiro atoms. The van der Waals surface area contributed by atoms with E-state index >= 15 is 0 Å². The minimum absolute atomic E-state index is 0.263. The van der Waals surface area contributed by atoms with Gasteiger partial charge in [-0.25, -0.2) is 0 Å². The first-order chi connectivity index (χ1) is 7.16. The fraction of sp³-hybridized carbons (Fsp3) is 0.909. The summed E-state index contributed by atoms with van der Waals surface area (Å²) in [5, 5.41) is 3.37. The van der Waals surface area contributed by atoms with Crippen LogP contribution in [0.4, 0.5) is 0 Å². The number of rotatable bonds is 2. The highest BCUT2D eigenvalue weighted by Gasteiger charge is 2.29. The first-order valence-electron chi connectivity index (χ1n) is 5.85. The van der Waals surface area contributed by atoms with Crippen LogP contribution in [0.15, 0.2) is 0 Å². The molecule has 2 atom stereocenters. The highest BCUT2D eigenvalue weighted by Crippen LogP contribution is 2.15. The van der Waals surface area contributed by atoms with Crippen LogP contribution in [0.1, 0.15) is 13.3 Å². The van der Waals surface area contributed by atoms with Gasteiger partial charge >= 0.3 is 0 Å². The second-order valence-corrected chi connectivity index (χ2v) is 4.91. The van der Waals surface area contributed by atoms with E-state index in [0.29, 0.717) is 12.6 Å². The van der Waals surface area contributed by atoms with Crippen molar-refractivity contribution in [2.75, 3.05) is 39.8 Å². The van der Waals surface area contributed by atoms with E-state index in [1.807, 2.05) is 11.9 Å². The predicted molar refractivity (Wildman–Crippen MR) is 59.6 cm³/mol. The fourth-order valence-corrected chi connectivity index (χ4v) is 2.51. The number of carbonyl (C=O) groups excluding carboxylic acids is 1. The zero-order valence-corrected chi connectivity index (χ0v) is 9.70. The van der Waals surface area contributed by atoms with Gasteiger partial charge in [0.25, 0.3) is 0 Å². The monoisotopic (exact) mass is 211 g/mol. The number of nitrogens with zero attached hydrogens (tertiary/aromatic N) is 2. The summed E-state index contributed by atoms with van der Waals surface area (Å²) in [7, 11) is 1.90. The Hall–Kier alpha value is -0.610. The van der Waals surface area contributed by atoms with Gasteiger partial charge in [0, 0.05) is 26.2 Å². The van der Waals surface area contributed by atoms with Gasteiger partial charge in [0.05, 0.1) is 6.54 Å². The summed E-state index contributed by atoms with van der Waals surface area (Å²) < 4.78 is 0. The predicted octanol–water partition coefficient (Wildman–Crippen LogP) is -0.242. The Bertz CT molecular complexity index is 238. The fourth-order valence-electron chi connectivity index (χ4n) is 2.51. The van der Waals surface area contributed by atoms with Crippen molar-refractivity contribution in [3.63, 3.8) is 0 Å². The number of nitrogens with one attached hydrogen (secondary N) is 1. The van der Waals surface area contributed by atoms with Crippen molar-refractivity contribution in [2.45, 2.75) is 19.4 Å². The highest BCUT2D eigenvalue weighted by molar-refractivity contribution is 5.78. The summed E-state index contributed by atoms with van der Waals surface area (Å²) in [6.07, 6.45) is 1.26. The second kappa shape index (κ2) is 4.49. The normalized spacial score (nSPS) is 33.7. The summed E-state index contributed by atoms with van der Waals surface area (Å²) in [6, 6.07) is 0.508. The summed E-state index contributed by atoms with van der Waals surface area (Å²) >= 11 is 0. The van der Waals surface area contributed by atoms with E-state index in [-0.39, 0.29) is 5.91 Å². The topological polar surface area (TPSA) is 35.6 Å². The molecule has 4 heteroatoms. The molecule has 2 fully saturated rings. The molecule has 2 unspecified atom stereocenters. The minimum atomic E-state index is 0.263. The third-order valence-corrected chi connectivity index (χ3v) is 3.58. The maximum absolute atomic E-state index is 11.6. The number of hydrogen-bond acceptors (Lipinski definition) is 3. The van der Waals surface area contributed by atoms with Crippen molar-refractivity contribution in [1.29, 1.82) is 0 Å². The van der Waals surface area contributed by atoms with Crippen LogP contribution in [-0.4, -0.2) is 61.5 Å². The second-order valence-electron chi connectivity index (χ2n) is 4.91. The molecule has 1 amide bonds. The van der Waals surface area contributed by atoms with Gasteiger partial charge in [0.2, 0.25) is 5.91 Å². The summed E-state index contributed by atoms with van der Waals surface area (Å²) in [5.74, 6) is 1.00. The third kappa shape index (κ3) is 2.49. The molecule has 2 aliphatic rings. The molecule has 0 aromatic carbocycles. The van der Waals surface area contributed by atoms with Gasteiger partial charge in [0.15, 0.2) is 0 Å². The first kappa shape index (κ1) is 10.9. The molecule has 2 heterocycles. The average molecular weight is 211 g/mol. The lowest BCUT2D eigenvalue weighted by Crippen LogP contribution is -2.54. The van der Waals surface area contributed by atoms with Crippen molar-refractivity contribution >= 4 is 5.91 Å². The molecular weight excluding hydrogens is 190 g/mol. The summed E-state index contributed by atoms with van der Waals surface area (Å²) in [4.78, 5) is 15.8. The van der Waals surface area contributed by atoms with E-state index in [2.05, 4.69) is 17.1 Å². The van der Waals surface area contributed by atoms with Crippen LogP contribution in [0.2, 0.25) is 0 Å². The van der Waals surface area contributed by atoms with Crippen LogP contribution in [0.25, 0.3) is 0 Å². The minimum Gasteiger partial charge on any atom is -0.343 e. The Morgan fingerprint density at radius 2 is 2.33 bits per heavy atom. The largest absolute Gasteiger partial charge is 0.343 e. The Morgan fingerprint density at radius 1 is 1.53 bits per heavy atom. The average Bonchev–Trinajstić information content (AvgIpc) is 2.67. The molecule has 0 aromatic rings. The summed E-state index contributed by atoms with van der Waals surface area (Å²) in [6.45, 7) is 7.03. The van der Waals surface area contributed by atoms with Crippen LogP contribution >= 0.6 is 0 Å². The van der Waals surface area contributed by atoms with E-state index < -0.39 is 0 Å². The number of hydrogen-bond donors (Lipinski definition) is 1. The lowest BCUT2D eigenvalue weighted by atomic mass is 10.1. The van der Waals surface area contributed by atoms with E-state index in [1.165, 1.54) is 6.42 Å². The van der Waals surface area contributed by atoms with Crippen molar-refractivity contribution in [2.24, 2.45) is 5.92 Å². The van der Waals surface area contributed by atoms with E-state index in [1.54, 1.807) is 0 Å². The number of likely N-dealkylation sites (N-methyl/N-ethyl adjacent to an activating group) is 1. The standard InChI is InChI=1S/C11H21N3O/c1-9-6-13(2)11(15)8-14(9)7-10-3-4-12-5-10/h9-10,12H,3-8H2,1-2H3. The summed E-state index contributed by atoms with van der Waals surface area (Å²) in [5.41, 5.74) is 0. The molecule has 1 N–H and O–H groups in total. The quantitative estimate of drug-likeness (QED) is 0.684. The van der Waals surface area contributed by atoms with E-state index in [9.17, 15) is 4.79 Å². The van der Waals surface area contributed by atoms with Crippen LogP contribution in [0.5, 0.6) is 0 Å². The zero-order valence-electron chi connectivity index (χ0n) is 9.70. The van der Waals surface area contributed by atoms with Crippen LogP contribution in [0.3, 0.4) is 0 Å². The van der Waals surface area contributed by atoms with Crippen LogP contribution in [-0.2, 0) is 4.79 Å². The highest BCUT2D eigenvalue weighted by atomic mass is 16.2. The van der Waals surface area contributed by atoms with Crippen molar-refractivity contribution in [3.8, 4) is 0 Å². The van der Waals surface area contributed by atoms with E-state index in [0.717, 1.165) is 32.1 Å².